The molecule has 0 spiro atoms. The number of rotatable bonds is 11. The first kappa shape index (κ1) is 21.4. The SMILES string of the molecule is CCc1ccc(CCNC(=O)COc2cccc(C[C@H](OC)C(=O)O)c2)cc1. The summed E-state index contributed by atoms with van der Waals surface area (Å²) >= 11 is 0. The fourth-order valence-electron chi connectivity index (χ4n) is 2.74. The second-order valence-electron chi connectivity index (χ2n) is 6.47. The summed E-state index contributed by atoms with van der Waals surface area (Å²) in [5.41, 5.74) is 3.24. The number of hydrogen-bond acceptors (Lipinski definition) is 4. The largest absolute Gasteiger partial charge is 0.484 e. The van der Waals surface area contributed by atoms with Crippen LogP contribution in [0.2, 0.25) is 0 Å². The van der Waals surface area contributed by atoms with Crippen molar-refractivity contribution in [2.75, 3.05) is 20.3 Å². The van der Waals surface area contributed by atoms with Crippen molar-refractivity contribution in [2.24, 2.45) is 0 Å². The topological polar surface area (TPSA) is 84.9 Å². The fourth-order valence-corrected chi connectivity index (χ4v) is 2.74. The molecule has 0 radical (unpaired) electrons. The van der Waals surface area contributed by atoms with Crippen LogP contribution in [0.15, 0.2) is 48.5 Å². The van der Waals surface area contributed by atoms with E-state index < -0.39 is 12.1 Å². The lowest BCUT2D eigenvalue weighted by Gasteiger charge is -2.12. The Morgan fingerprint density at radius 2 is 1.79 bits per heavy atom. The van der Waals surface area contributed by atoms with Crippen LogP contribution in [0.4, 0.5) is 0 Å². The molecular weight excluding hydrogens is 358 g/mol. The Hall–Kier alpha value is -2.86. The Labute approximate surface area is 165 Å². The van der Waals surface area contributed by atoms with Gasteiger partial charge in [-0.1, -0.05) is 43.3 Å². The lowest BCUT2D eigenvalue weighted by atomic mass is 10.1. The van der Waals surface area contributed by atoms with E-state index in [4.69, 9.17) is 14.6 Å². The monoisotopic (exact) mass is 385 g/mol. The van der Waals surface area contributed by atoms with Crippen molar-refractivity contribution in [2.45, 2.75) is 32.3 Å². The van der Waals surface area contributed by atoms with Gasteiger partial charge in [0.15, 0.2) is 12.7 Å². The van der Waals surface area contributed by atoms with Crippen molar-refractivity contribution in [3.05, 3.63) is 65.2 Å². The molecule has 0 saturated carbocycles. The minimum Gasteiger partial charge on any atom is -0.484 e. The van der Waals surface area contributed by atoms with Gasteiger partial charge in [0.2, 0.25) is 0 Å². The van der Waals surface area contributed by atoms with Crippen LogP contribution in [0.5, 0.6) is 5.75 Å². The Kier molecular flexibility index (Phi) is 8.49. The van der Waals surface area contributed by atoms with Gasteiger partial charge >= 0.3 is 5.97 Å². The third kappa shape index (κ3) is 7.04. The van der Waals surface area contributed by atoms with E-state index in [0.717, 1.165) is 18.4 Å². The van der Waals surface area contributed by atoms with E-state index in [-0.39, 0.29) is 18.9 Å². The normalized spacial score (nSPS) is 11.6. The number of hydrogen-bond donors (Lipinski definition) is 2. The summed E-state index contributed by atoms with van der Waals surface area (Å²) in [6.07, 6.45) is 1.09. The van der Waals surface area contributed by atoms with Crippen LogP contribution in [0.3, 0.4) is 0 Å². The average molecular weight is 385 g/mol. The molecule has 28 heavy (non-hydrogen) atoms. The van der Waals surface area contributed by atoms with Crippen molar-refractivity contribution in [1.82, 2.24) is 5.32 Å². The van der Waals surface area contributed by atoms with Gasteiger partial charge in [-0.15, -0.1) is 0 Å². The van der Waals surface area contributed by atoms with Gasteiger partial charge in [-0.25, -0.2) is 4.79 Å². The molecule has 2 N–H and O–H groups in total. The van der Waals surface area contributed by atoms with E-state index in [0.29, 0.717) is 12.3 Å². The Morgan fingerprint density at radius 1 is 1.07 bits per heavy atom. The lowest BCUT2D eigenvalue weighted by molar-refractivity contribution is -0.148. The van der Waals surface area contributed by atoms with Crippen molar-refractivity contribution in [3.63, 3.8) is 0 Å². The smallest absolute Gasteiger partial charge is 0.333 e. The molecule has 0 aromatic heterocycles. The van der Waals surface area contributed by atoms with Gasteiger partial charge in [0, 0.05) is 20.1 Å². The van der Waals surface area contributed by atoms with Gasteiger partial charge in [-0.05, 0) is 41.7 Å². The number of benzene rings is 2. The first-order chi connectivity index (χ1) is 13.5. The number of methoxy groups -OCH3 is 1. The summed E-state index contributed by atoms with van der Waals surface area (Å²) in [4.78, 5) is 23.0. The molecule has 6 nitrogen and oxygen atoms in total. The van der Waals surface area contributed by atoms with Crippen molar-refractivity contribution < 1.29 is 24.2 Å². The molecule has 2 aromatic rings. The lowest BCUT2D eigenvalue weighted by Crippen LogP contribution is -2.30. The number of aliphatic carboxylic acids is 1. The quantitative estimate of drug-likeness (QED) is 0.621. The van der Waals surface area contributed by atoms with Crippen molar-refractivity contribution in [1.29, 1.82) is 0 Å². The maximum Gasteiger partial charge on any atom is 0.333 e. The molecule has 2 aromatic carbocycles. The summed E-state index contributed by atoms with van der Waals surface area (Å²) in [6.45, 7) is 2.57. The highest BCUT2D eigenvalue weighted by molar-refractivity contribution is 5.77. The van der Waals surface area contributed by atoms with Crippen LogP contribution in [0.1, 0.15) is 23.6 Å². The molecule has 150 valence electrons. The molecule has 1 amide bonds. The molecule has 0 aliphatic carbocycles. The van der Waals surface area contributed by atoms with E-state index >= 15 is 0 Å². The number of amides is 1. The van der Waals surface area contributed by atoms with Crippen LogP contribution in [-0.4, -0.2) is 43.3 Å². The average Bonchev–Trinajstić information content (AvgIpc) is 2.71. The zero-order valence-electron chi connectivity index (χ0n) is 16.3. The highest BCUT2D eigenvalue weighted by Crippen LogP contribution is 2.15. The molecule has 6 heteroatoms. The van der Waals surface area contributed by atoms with E-state index in [2.05, 4.69) is 36.5 Å². The number of carboxylic acids is 1. The maximum absolute atomic E-state index is 12.0. The third-order valence-electron chi connectivity index (χ3n) is 4.42. The number of carbonyl (C=O) groups is 2. The first-order valence-electron chi connectivity index (χ1n) is 9.33. The summed E-state index contributed by atoms with van der Waals surface area (Å²) in [6, 6.07) is 15.4. The minimum absolute atomic E-state index is 0.0924. The Morgan fingerprint density at radius 3 is 2.43 bits per heavy atom. The predicted molar refractivity (Wildman–Crippen MR) is 107 cm³/mol. The molecule has 0 unspecified atom stereocenters. The van der Waals surface area contributed by atoms with Crippen molar-refractivity contribution in [3.8, 4) is 5.75 Å². The van der Waals surface area contributed by atoms with Gasteiger partial charge < -0.3 is 19.9 Å². The Balaban J connectivity index is 1.75. The highest BCUT2D eigenvalue weighted by Gasteiger charge is 2.17. The molecular formula is C22H27NO5. The number of ether oxygens (including phenoxy) is 2. The second kappa shape index (κ2) is 11.1. The molecule has 2 rings (SSSR count). The zero-order chi connectivity index (χ0) is 20.4. The minimum atomic E-state index is -1.02. The molecule has 0 saturated heterocycles. The van der Waals surface area contributed by atoms with E-state index in [9.17, 15) is 9.59 Å². The first-order valence-corrected chi connectivity index (χ1v) is 9.33. The van der Waals surface area contributed by atoms with Crippen LogP contribution >= 0.6 is 0 Å². The van der Waals surface area contributed by atoms with Gasteiger partial charge in [-0.3, -0.25) is 4.79 Å². The van der Waals surface area contributed by atoms with E-state index in [1.807, 2.05) is 0 Å². The predicted octanol–water partition coefficient (Wildman–Crippen LogP) is 2.63. The molecule has 0 aliphatic rings. The van der Waals surface area contributed by atoms with Gasteiger partial charge in [0.05, 0.1) is 0 Å². The van der Waals surface area contributed by atoms with Crippen LogP contribution in [0, 0.1) is 0 Å². The molecule has 1 atom stereocenters. The Bertz CT molecular complexity index is 773. The second-order valence-corrected chi connectivity index (χ2v) is 6.47. The van der Waals surface area contributed by atoms with Gasteiger partial charge in [0.1, 0.15) is 5.75 Å². The molecule has 0 aliphatic heterocycles. The summed E-state index contributed by atoms with van der Waals surface area (Å²) in [5, 5.41) is 11.9. The number of carbonyl (C=O) groups excluding carboxylic acids is 1. The van der Waals surface area contributed by atoms with Gasteiger partial charge in [-0.2, -0.15) is 0 Å². The zero-order valence-corrected chi connectivity index (χ0v) is 16.3. The van der Waals surface area contributed by atoms with Crippen molar-refractivity contribution >= 4 is 11.9 Å². The highest BCUT2D eigenvalue weighted by atomic mass is 16.5. The number of aryl methyl sites for hydroxylation is 1. The molecule has 0 fully saturated rings. The summed E-state index contributed by atoms with van der Waals surface area (Å²) in [5.74, 6) is -0.698. The van der Waals surface area contributed by atoms with Crippen LogP contribution < -0.4 is 10.1 Å². The van der Waals surface area contributed by atoms with Crippen LogP contribution in [-0.2, 0) is 33.6 Å². The molecule has 0 heterocycles. The number of carboxylic acid groups (broad SMARTS) is 1. The van der Waals surface area contributed by atoms with E-state index in [1.54, 1.807) is 24.3 Å². The van der Waals surface area contributed by atoms with Crippen LogP contribution in [0.25, 0.3) is 0 Å². The van der Waals surface area contributed by atoms with E-state index in [1.165, 1.54) is 18.2 Å². The molecule has 0 bridgehead atoms. The number of nitrogens with one attached hydrogen (secondary N) is 1. The summed E-state index contributed by atoms with van der Waals surface area (Å²) < 4.78 is 10.5. The summed E-state index contributed by atoms with van der Waals surface area (Å²) in [7, 11) is 1.36. The fraction of sp³-hybridized carbons (Fsp3) is 0.364. The maximum atomic E-state index is 12.0. The standard InChI is InChI=1S/C22H27NO5/c1-3-16-7-9-17(10-8-16)11-12-23-21(24)15-28-19-6-4-5-18(13-19)14-20(27-2)22(25)26/h4-10,13,20H,3,11-12,14-15H2,1-2H3,(H,23,24)(H,25,26)/t20-/m0/s1. The third-order valence-corrected chi connectivity index (χ3v) is 4.42. The van der Waals surface area contributed by atoms with Gasteiger partial charge in [0.25, 0.3) is 5.91 Å².